The smallest absolute Gasteiger partial charge is 0.299 e. The molecule has 2 rings (SSSR count). The lowest BCUT2D eigenvalue weighted by Crippen LogP contribution is -1.97. The van der Waals surface area contributed by atoms with Crippen LogP contribution in [0.15, 0.2) is 60.2 Å². The summed E-state index contributed by atoms with van der Waals surface area (Å²) in [4.78, 5) is 3.11. The van der Waals surface area contributed by atoms with Gasteiger partial charge in [0.15, 0.2) is 0 Å². The van der Waals surface area contributed by atoms with E-state index >= 15 is 0 Å². The van der Waals surface area contributed by atoms with Crippen LogP contribution in [0.5, 0.6) is 0 Å². The zero-order chi connectivity index (χ0) is 20.9. The van der Waals surface area contributed by atoms with Crippen molar-refractivity contribution in [2.75, 3.05) is 0 Å². The van der Waals surface area contributed by atoms with Crippen molar-refractivity contribution in [1.82, 2.24) is 0 Å². The molecule has 0 unspecified atom stereocenters. The van der Waals surface area contributed by atoms with Gasteiger partial charge in [-0.15, -0.1) is 4.79 Å². The summed E-state index contributed by atoms with van der Waals surface area (Å²) in [6.07, 6.45) is 10.8. The monoisotopic (exact) mass is 386 g/mol. The van der Waals surface area contributed by atoms with E-state index in [0.29, 0.717) is 0 Å². The standard InChI is InChI=1S/C27H34N2/c1-4-7-9-12-23-14-11-17-26(21-23)27(24(15-8-5-2)18-19-29-28)25-16-10-13-22(6-3)20-25/h10-11,13-14,16-18,20-21H,4-9,12,15H2,1-3H3. The molecule has 0 bridgehead atoms. The molecule has 0 saturated heterocycles. The maximum atomic E-state index is 8.97. The quantitative estimate of drug-likeness (QED) is 0.127. The van der Waals surface area contributed by atoms with E-state index in [1.807, 2.05) is 6.08 Å². The van der Waals surface area contributed by atoms with Crippen LogP contribution in [0, 0.1) is 0 Å². The number of rotatable bonds is 11. The highest BCUT2D eigenvalue weighted by molar-refractivity contribution is 5.85. The SMILES string of the molecule is CCCCCc1cccc(C(=C(C=C=[N+]=[N-])CCCC)c2cccc(CC)c2)c1. The molecule has 2 aromatic rings. The summed E-state index contributed by atoms with van der Waals surface area (Å²) < 4.78 is 0. The summed E-state index contributed by atoms with van der Waals surface area (Å²) in [6, 6.07) is 17.7. The van der Waals surface area contributed by atoms with E-state index < -0.39 is 0 Å². The fourth-order valence-corrected chi connectivity index (χ4v) is 3.69. The predicted molar refractivity (Wildman–Crippen MR) is 124 cm³/mol. The lowest BCUT2D eigenvalue weighted by Gasteiger charge is -2.15. The Labute approximate surface area is 176 Å². The van der Waals surface area contributed by atoms with Gasteiger partial charge in [-0.1, -0.05) is 88.6 Å². The topological polar surface area (TPSA) is 36.4 Å². The van der Waals surface area contributed by atoms with Gasteiger partial charge in [0.2, 0.25) is 0 Å². The third-order valence-corrected chi connectivity index (χ3v) is 5.33. The van der Waals surface area contributed by atoms with Crippen LogP contribution in [0.2, 0.25) is 0 Å². The van der Waals surface area contributed by atoms with E-state index in [1.54, 1.807) is 0 Å². The Bertz CT molecular complexity index is 894. The van der Waals surface area contributed by atoms with Crippen LogP contribution in [-0.2, 0) is 12.8 Å². The molecule has 0 spiro atoms. The molecule has 0 aromatic heterocycles. The number of unbranched alkanes of at least 4 members (excludes halogenated alkanes) is 3. The van der Waals surface area contributed by atoms with Crippen molar-refractivity contribution in [2.45, 2.75) is 72.1 Å². The number of hydrogen-bond donors (Lipinski definition) is 0. The van der Waals surface area contributed by atoms with Crippen molar-refractivity contribution in [2.24, 2.45) is 0 Å². The minimum Gasteiger partial charge on any atom is -0.348 e. The Kier molecular flexibility index (Phi) is 9.93. The number of benzene rings is 2. The highest BCUT2D eigenvalue weighted by atomic mass is 14.8. The Morgan fingerprint density at radius 1 is 0.897 bits per heavy atom. The van der Waals surface area contributed by atoms with E-state index in [9.17, 15) is 0 Å². The molecule has 0 N–H and O–H groups in total. The summed E-state index contributed by atoms with van der Waals surface area (Å²) >= 11 is 0. The molecule has 0 heterocycles. The third-order valence-electron chi connectivity index (χ3n) is 5.33. The van der Waals surface area contributed by atoms with E-state index in [-0.39, 0.29) is 0 Å². The van der Waals surface area contributed by atoms with E-state index in [4.69, 9.17) is 5.53 Å². The Morgan fingerprint density at radius 3 is 2.17 bits per heavy atom. The van der Waals surface area contributed by atoms with Crippen molar-refractivity contribution in [3.8, 4) is 0 Å². The van der Waals surface area contributed by atoms with Gasteiger partial charge in [0.05, 0.1) is 6.08 Å². The van der Waals surface area contributed by atoms with E-state index in [0.717, 1.165) is 32.1 Å². The van der Waals surface area contributed by atoms with E-state index in [2.05, 4.69) is 80.0 Å². The van der Waals surface area contributed by atoms with Gasteiger partial charge < -0.3 is 5.53 Å². The number of allylic oxidation sites excluding steroid dienone is 2. The van der Waals surface area contributed by atoms with Gasteiger partial charge in [-0.25, -0.2) is 0 Å². The minimum atomic E-state index is 0.935. The van der Waals surface area contributed by atoms with Crippen LogP contribution in [0.25, 0.3) is 11.1 Å². The highest BCUT2D eigenvalue weighted by Gasteiger charge is 2.12. The first-order valence-electron chi connectivity index (χ1n) is 11.1. The van der Waals surface area contributed by atoms with Crippen LogP contribution in [0.1, 0.15) is 81.5 Å². The van der Waals surface area contributed by atoms with Crippen molar-refractivity contribution in [3.63, 3.8) is 0 Å². The van der Waals surface area contributed by atoms with Crippen molar-refractivity contribution < 1.29 is 4.79 Å². The first-order valence-corrected chi connectivity index (χ1v) is 11.1. The molecule has 0 radical (unpaired) electrons. The molecule has 152 valence electrons. The first kappa shape index (κ1) is 22.6. The second kappa shape index (κ2) is 12.7. The molecule has 0 aliphatic heterocycles. The van der Waals surface area contributed by atoms with Crippen LogP contribution in [0.4, 0.5) is 0 Å². The van der Waals surface area contributed by atoms with Crippen molar-refractivity contribution in [3.05, 3.63) is 88.0 Å². The first-order chi connectivity index (χ1) is 14.2. The molecule has 2 heteroatoms. The molecule has 2 nitrogen and oxygen atoms in total. The predicted octanol–water partition coefficient (Wildman–Crippen LogP) is 7.43. The molecule has 0 saturated carbocycles. The van der Waals surface area contributed by atoms with Gasteiger partial charge >= 0.3 is 0 Å². The number of aryl methyl sites for hydroxylation is 2. The Hall–Kier alpha value is -2.66. The van der Waals surface area contributed by atoms with Gasteiger partial charge in [0.1, 0.15) is 0 Å². The molecule has 0 aliphatic carbocycles. The molecule has 0 aliphatic rings. The molecular weight excluding hydrogens is 352 g/mol. The van der Waals surface area contributed by atoms with Crippen LogP contribution < -0.4 is 0 Å². The van der Waals surface area contributed by atoms with Gasteiger partial charge in [-0.05, 0) is 65.5 Å². The largest absolute Gasteiger partial charge is 0.348 e. The lowest BCUT2D eigenvalue weighted by atomic mass is 9.88. The van der Waals surface area contributed by atoms with Crippen LogP contribution in [0.3, 0.4) is 0 Å². The third kappa shape index (κ3) is 7.02. The molecule has 29 heavy (non-hydrogen) atoms. The molecule has 0 atom stereocenters. The number of nitrogens with zero attached hydrogens (tertiary/aromatic N) is 2. The van der Waals surface area contributed by atoms with Gasteiger partial charge in [0, 0.05) is 0 Å². The minimum absolute atomic E-state index is 0.935. The normalized spacial score (nSPS) is 11.4. The summed E-state index contributed by atoms with van der Waals surface area (Å²) in [5.41, 5.74) is 16.5. The average molecular weight is 387 g/mol. The molecule has 0 amide bonds. The second-order valence-corrected chi connectivity index (χ2v) is 7.59. The zero-order valence-electron chi connectivity index (χ0n) is 18.2. The molecule has 2 aromatic carbocycles. The summed E-state index contributed by atoms with van der Waals surface area (Å²) in [7, 11) is 0. The maximum Gasteiger partial charge on any atom is 0.299 e. The summed E-state index contributed by atoms with van der Waals surface area (Å²) in [5, 5.41) is 0. The van der Waals surface area contributed by atoms with Gasteiger partial charge in [-0.3, -0.25) is 0 Å². The van der Waals surface area contributed by atoms with E-state index in [1.165, 1.54) is 52.7 Å². The maximum absolute atomic E-state index is 8.97. The molecule has 0 fully saturated rings. The zero-order valence-corrected chi connectivity index (χ0v) is 18.2. The number of hydrogen-bond acceptors (Lipinski definition) is 0. The highest BCUT2D eigenvalue weighted by Crippen LogP contribution is 2.31. The van der Waals surface area contributed by atoms with Gasteiger partial charge in [-0.2, -0.15) is 0 Å². The Balaban J connectivity index is 2.62. The Morgan fingerprint density at radius 2 is 1.55 bits per heavy atom. The lowest BCUT2D eigenvalue weighted by molar-refractivity contribution is 0.00800. The van der Waals surface area contributed by atoms with Crippen LogP contribution in [-0.4, -0.2) is 10.7 Å². The second-order valence-electron chi connectivity index (χ2n) is 7.59. The fraction of sp³-hybridized carbons (Fsp3) is 0.407. The average Bonchev–Trinajstić information content (AvgIpc) is 2.76. The summed E-state index contributed by atoms with van der Waals surface area (Å²) in [5.74, 6) is 2.66. The van der Waals surface area contributed by atoms with Crippen LogP contribution >= 0.6 is 0 Å². The van der Waals surface area contributed by atoms with Gasteiger partial charge in [0.25, 0.3) is 5.87 Å². The van der Waals surface area contributed by atoms with Crippen molar-refractivity contribution in [1.29, 1.82) is 0 Å². The molecular formula is C27H34N2. The fourth-order valence-electron chi connectivity index (χ4n) is 3.69. The summed E-state index contributed by atoms with van der Waals surface area (Å²) in [6.45, 7) is 6.63. The van der Waals surface area contributed by atoms with Crippen molar-refractivity contribution >= 4 is 11.4 Å².